The van der Waals surface area contributed by atoms with Crippen LogP contribution in [0.25, 0.3) is 11.3 Å². The van der Waals surface area contributed by atoms with Crippen LogP contribution in [0.3, 0.4) is 0 Å². The second-order valence-electron chi connectivity index (χ2n) is 10.9. The topological polar surface area (TPSA) is 153 Å². The van der Waals surface area contributed by atoms with E-state index in [1.807, 2.05) is 20.2 Å². The van der Waals surface area contributed by atoms with Gasteiger partial charge < -0.3 is 35.0 Å². The number of piperidine rings is 1. The number of nitriles is 1. The summed E-state index contributed by atoms with van der Waals surface area (Å²) in [6.45, 7) is 3.89. The summed E-state index contributed by atoms with van der Waals surface area (Å²) in [6.07, 6.45) is 2.52. The summed E-state index contributed by atoms with van der Waals surface area (Å²) in [6, 6.07) is 14.5. The van der Waals surface area contributed by atoms with Crippen molar-refractivity contribution in [1.82, 2.24) is 25.1 Å². The maximum atomic E-state index is 12.7. The van der Waals surface area contributed by atoms with E-state index in [1.54, 1.807) is 47.5 Å². The molecule has 0 aliphatic carbocycles. The molecule has 1 atom stereocenters. The lowest BCUT2D eigenvalue weighted by atomic mass is 10.1. The van der Waals surface area contributed by atoms with Crippen LogP contribution in [0.1, 0.15) is 42.1 Å². The number of aliphatic hydroxyl groups is 1. The highest BCUT2D eigenvalue weighted by atomic mass is 16.5. The number of likely N-dealkylation sites (tertiary alicyclic amines) is 1. The predicted octanol–water partition coefficient (Wildman–Crippen LogP) is 3.20. The van der Waals surface area contributed by atoms with E-state index in [0.717, 1.165) is 18.5 Å². The van der Waals surface area contributed by atoms with Gasteiger partial charge in [0.15, 0.2) is 0 Å². The van der Waals surface area contributed by atoms with E-state index in [4.69, 9.17) is 9.47 Å². The van der Waals surface area contributed by atoms with Gasteiger partial charge in [0.25, 0.3) is 11.8 Å². The number of ether oxygens (including phenoxy) is 2. The third kappa shape index (κ3) is 8.43. The Bertz CT molecular complexity index is 1500. The predicted molar refractivity (Wildman–Crippen MR) is 166 cm³/mol. The maximum absolute atomic E-state index is 12.7. The van der Waals surface area contributed by atoms with Crippen molar-refractivity contribution in [3.05, 3.63) is 59.8 Å². The number of rotatable bonds is 12. The van der Waals surface area contributed by atoms with Gasteiger partial charge in [0.1, 0.15) is 29.8 Å². The Morgan fingerprint density at radius 1 is 1.16 bits per heavy atom. The van der Waals surface area contributed by atoms with Crippen molar-refractivity contribution >= 4 is 23.5 Å². The van der Waals surface area contributed by atoms with Crippen molar-refractivity contribution in [3.8, 4) is 28.8 Å². The average molecular weight is 602 g/mol. The van der Waals surface area contributed by atoms with Crippen LogP contribution in [-0.2, 0) is 4.79 Å². The van der Waals surface area contributed by atoms with E-state index in [0.29, 0.717) is 72.4 Å². The first-order chi connectivity index (χ1) is 21.2. The summed E-state index contributed by atoms with van der Waals surface area (Å²) in [5.74, 6) is 0.740. The SMILES string of the molecule is COc1cc(Nc2nccc(-c3ccc(OC4CCN(C(=O)C(C)O)CC4)c(C#N)c3)n2)ccc1C(=O)NCCCN(C)C. The molecule has 1 fully saturated rings. The number of hydrogen-bond acceptors (Lipinski definition) is 10. The highest BCUT2D eigenvalue weighted by Crippen LogP contribution is 2.29. The first-order valence-corrected chi connectivity index (χ1v) is 14.6. The van der Waals surface area contributed by atoms with Crippen LogP contribution in [0, 0.1) is 11.3 Å². The first kappa shape index (κ1) is 32.2. The van der Waals surface area contributed by atoms with E-state index in [2.05, 4.69) is 31.6 Å². The fraction of sp³-hybridized carbons (Fsp3) is 0.406. The first-order valence-electron chi connectivity index (χ1n) is 14.6. The van der Waals surface area contributed by atoms with Crippen LogP contribution in [-0.4, -0.2) is 96.3 Å². The summed E-state index contributed by atoms with van der Waals surface area (Å²) in [5.41, 5.74) is 2.78. The minimum Gasteiger partial charge on any atom is -0.496 e. The number of carbonyl (C=O) groups is 2. The highest BCUT2D eigenvalue weighted by Gasteiger charge is 2.26. The third-order valence-corrected chi connectivity index (χ3v) is 7.23. The molecule has 1 saturated heterocycles. The van der Waals surface area contributed by atoms with E-state index >= 15 is 0 Å². The molecule has 232 valence electrons. The average Bonchev–Trinajstić information content (AvgIpc) is 3.03. The largest absolute Gasteiger partial charge is 0.496 e. The molecule has 2 heterocycles. The van der Waals surface area contributed by atoms with Crippen molar-refractivity contribution in [2.45, 2.75) is 38.4 Å². The molecule has 0 saturated carbocycles. The molecule has 0 radical (unpaired) electrons. The van der Waals surface area contributed by atoms with Gasteiger partial charge in [0.2, 0.25) is 5.95 Å². The fourth-order valence-electron chi connectivity index (χ4n) is 4.88. The molecule has 0 bridgehead atoms. The normalized spacial score (nSPS) is 14.1. The van der Waals surface area contributed by atoms with Gasteiger partial charge in [0.05, 0.1) is 23.9 Å². The monoisotopic (exact) mass is 601 g/mol. The second kappa shape index (κ2) is 15.1. The molecule has 12 heteroatoms. The zero-order valence-corrected chi connectivity index (χ0v) is 25.5. The van der Waals surface area contributed by atoms with Gasteiger partial charge in [-0.25, -0.2) is 9.97 Å². The molecule has 2 amide bonds. The minimum absolute atomic E-state index is 0.140. The number of nitrogens with one attached hydrogen (secondary N) is 2. The number of nitrogens with zero attached hydrogens (tertiary/aromatic N) is 5. The molecule has 2 aromatic carbocycles. The lowest BCUT2D eigenvalue weighted by Gasteiger charge is -2.33. The Balaban J connectivity index is 1.41. The van der Waals surface area contributed by atoms with Crippen molar-refractivity contribution < 1.29 is 24.2 Å². The number of aromatic nitrogens is 2. The molecule has 1 unspecified atom stereocenters. The van der Waals surface area contributed by atoms with Crippen LogP contribution in [0.2, 0.25) is 0 Å². The number of carbonyl (C=O) groups excluding carboxylic acids is 2. The third-order valence-electron chi connectivity index (χ3n) is 7.23. The van der Waals surface area contributed by atoms with Gasteiger partial charge in [0, 0.05) is 56.0 Å². The molecule has 4 rings (SSSR count). The fourth-order valence-corrected chi connectivity index (χ4v) is 4.88. The number of amides is 2. The van der Waals surface area contributed by atoms with Gasteiger partial charge in [-0.2, -0.15) is 5.26 Å². The number of methoxy groups -OCH3 is 1. The Morgan fingerprint density at radius 2 is 1.93 bits per heavy atom. The molecule has 3 N–H and O–H groups in total. The summed E-state index contributed by atoms with van der Waals surface area (Å²) < 4.78 is 11.6. The van der Waals surface area contributed by atoms with Crippen LogP contribution in [0.5, 0.6) is 11.5 Å². The molecule has 1 aliphatic heterocycles. The summed E-state index contributed by atoms with van der Waals surface area (Å²) in [5, 5.41) is 25.5. The summed E-state index contributed by atoms with van der Waals surface area (Å²) in [4.78, 5) is 37.4. The number of hydrogen-bond donors (Lipinski definition) is 3. The number of benzene rings is 2. The van der Waals surface area contributed by atoms with Crippen LogP contribution in [0.15, 0.2) is 48.7 Å². The number of aliphatic hydroxyl groups excluding tert-OH is 1. The standard InChI is InChI=1S/C32H39N7O5/c1-21(40)31(42)39-16-11-25(12-17-39)44-28-9-6-22(18-23(28)20-33)27-10-14-35-32(37-27)36-24-7-8-26(29(19-24)43-4)30(41)34-13-5-15-38(2)3/h6-10,14,18-19,21,25,40H,5,11-13,15-17H2,1-4H3,(H,34,41)(H,35,36,37). The smallest absolute Gasteiger partial charge is 0.255 e. The lowest BCUT2D eigenvalue weighted by molar-refractivity contribution is -0.141. The van der Waals surface area contributed by atoms with Gasteiger partial charge in [-0.1, -0.05) is 0 Å². The molecular formula is C32H39N7O5. The van der Waals surface area contributed by atoms with Crippen molar-refractivity contribution in [3.63, 3.8) is 0 Å². The highest BCUT2D eigenvalue weighted by molar-refractivity contribution is 5.97. The molecular weight excluding hydrogens is 562 g/mol. The Kier molecular flexibility index (Phi) is 11.1. The Morgan fingerprint density at radius 3 is 2.61 bits per heavy atom. The zero-order chi connectivity index (χ0) is 31.6. The molecule has 0 spiro atoms. The van der Waals surface area contributed by atoms with Gasteiger partial charge in [-0.15, -0.1) is 0 Å². The van der Waals surface area contributed by atoms with Gasteiger partial charge in [-0.3, -0.25) is 9.59 Å². The van der Waals surface area contributed by atoms with Crippen molar-refractivity contribution in [1.29, 1.82) is 5.26 Å². The van der Waals surface area contributed by atoms with Gasteiger partial charge in [-0.05, 0) is 70.4 Å². The van der Waals surface area contributed by atoms with Crippen LogP contribution < -0.4 is 20.1 Å². The summed E-state index contributed by atoms with van der Waals surface area (Å²) >= 11 is 0. The van der Waals surface area contributed by atoms with Crippen molar-refractivity contribution in [2.24, 2.45) is 0 Å². The van der Waals surface area contributed by atoms with E-state index in [9.17, 15) is 20.0 Å². The molecule has 3 aromatic rings. The molecule has 12 nitrogen and oxygen atoms in total. The lowest BCUT2D eigenvalue weighted by Crippen LogP contribution is -2.45. The van der Waals surface area contributed by atoms with E-state index < -0.39 is 6.10 Å². The summed E-state index contributed by atoms with van der Waals surface area (Å²) in [7, 11) is 5.50. The van der Waals surface area contributed by atoms with Crippen LogP contribution in [0.4, 0.5) is 11.6 Å². The molecule has 1 aromatic heterocycles. The number of anilines is 2. The minimum atomic E-state index is -1.02. The second-order valence-corrected chi connectivity index (χ2v) is 10.9. The Hall–Kier alpha value is -4.73. The van der Waals surface area contributed by atoms with E-state index in [-0.39, 0.29) is 17.9 Å². The molecule has 44 heavy (non-hydrogen) atoms. The molecule has 1 aliphatic rings. The van der Waals surface area contributed by atoms with Gasteiger partial charge >= 0.3 is 0 Å². The Labute approximate surface area is 257 Å². The zero-order valence-electron chi connectivity index (χ0n) is 25.5. The van der Waals surface area contributed by atoms with E-state index in [1.165, 1.54) is 14.0 Å². The maximum Gasteiger partial charge on any atom is 0.255 e. The van der Waals surface area contributed by atoms with Crippen LogP contribution >= 0.6 is 0 Å². The quantitative estimate of drug-likeness (QED) is 0.264. The van der Waals surface area contributed by atoms with Crippen molar-refractivity contribution in [2.75, 3.05) is 52.7 Å².